The summed E-state index contributed by atoms with van der Waals surface area (Å²) in [5, 5.41) is 19.2. The molecule has 3 aliphatic rings. The number of carbonyl (C=O) groups excluding carboxylic acids is 1. The Morgan fingerprint density at radius 2 is 1.83 bits per heavy atom. The number of H-pyrrole nitrogens is 1. The molecule has 1 saturated heterocycles. The molecule has 8 nitrogen and oxygen atoms in total. The number of aliphatic carboxylic acids is 1. The Hall–Kier alpha value is -4.22. The molecule has 2 fully saturated rings. The summed E-state index contributed by atoms with van der Waals surface area (Å²) in [6.45, 7) is 4.49. The van der Waals surface area contributed by atoms with E-state index in [-0.39, 0.29) is 11.8 Å². The van der Waals surface area contributed by atoms with Crippen LogP contribution in [0, 0.1) is 0 Å². The number of anilines is 1. The Morgan fingerprint density at radius 1 is 1.07 bits per heavy atom. The molecule has 7 rings (SSSR count). The number of hydrogen-bond donors (Lipinski definition) is 3. The first-order chi connectivity index (χ1) is 19.7. The van der Waals surface area contributed by atoms with Gasteiger partial charge in [0, 0.05) is 42.2 Å². The maximum atomic E-state index is 12.9. The predicted molar refractivity (Wildman–Crippen MR) is 145 cm³/mol. The van der Waals surface area contributed by atoms with Crippen LogP contribution in [-0.4, -0.2) is 64.6 Å². The number of nitrogens with one attached hydrogen (secondary N) is 2. The van der Waals surface area contributed by atoms with Crippen LogP contribution < -0.4 is 5.32 Å². The zero-order valence-corrected chi connectivity index (χ0v) is 21.9. The summed E-state index contributed by atoms with van der Waals surface area (Å²) in [4.78, 5) is 24.2. The molecule has 1 aliphatic carbocycles. The van der Waals surface area contributed by atoms with Crippen molar-refractivity contribution in [1.29, 1.82) is 0 Å². The van der Waals surface area contributed by atoms with E-state index in [0.29, 0.717) is 0 Å². The molecule has 1 amide bonds. The Morgan fingerprint density at radius 3 is 2.59 bits per heavy atom. The minimum absolute atomic E-state index is 0.126. The molecule has 2 aliphatic heterocycles. The van der Waals surface area contributed by atoms with Crippen LogP contribution in [0.15, 0.2) is 66.7 Å². The Kier molecular flexibility index (Phi) is 6.79. The summed E-state index contributed by atoms with van der Waals surface area (Å²) < 4.78 is 37.2. The summed E-state index contributed by atoms with van der Waals surface area (Å²) in [6, 6.07) is 23.3. The van der Waals surface area contributed by atoms with Crippen LogP contribution >= 0.6 is 0 Å². The standard InChI is InChI=1S/C28H26N4O2.C2HF3O2/c33-27-28(22-6-1-2-7-24(22)29-27)16-23(28)19-8-9-21-25(15-19)30-31-26(21)20-5-3-4-18(14-20)17-32-10-12-34-13-11-32;3-2(4,5)1(6)7/h1-9,14-15,23H,10-13,16-17H2,(H,29,33)(H,30,31);(H,6,7)/t23-,28-;/m0./s1. The van der Waals surface area contributed by atoms with Crippen molar-refractivity contribution in [2.24, 2.45) is 0 Å². The SMILES string of the molecule is O=C(O)C(F)(F)F.O=C1Nc2ccccc2[C@]12C[C@H]2c1ccc2c(-c3cccc(CN4CCOCC4)c3)n[nH]c2c1. The van der Waals surface area contributed by atoms with Gasteiger partial charge in [0.25, 0.3) is 0 Å². The van der Waals surface area contributed by atoms with Crippen LogP contribution in [0.5, 0.6) is 0 Å². The van der Waals surface area contributed by atoms with Crippen LogP contribution in [0.2, 0.25) is 0 Å². The molecule has 2 atom stereocenters. The van der Waals surface area contributed by atoms with Gasteiger partial charge in [-0.1, -0.05) is 48.5 Å². The molecular weight excluding hydrogens is 537 g/mol. The summed E-state index contributed by atoms with van der Waals surface area (Å²) in [5.41, 5.74) is 7.26. The zero-order chi connectivity index (χ0) is 28.8. The lowest BCUT2D eigenvalue weighted by molar-refractivity contribution is -0.192. The van der Waals surface area contributed by atoms with E-state index < -0.39 is 17.6 Å². The van der Waals surface area contributed by atoms with Crippen molar-refractivity contribution in [3.05, 3.63) is 83.4 Å². The largest absolute Gasteiger partial charge is 0.490 e. The van der Waals surface area contributed by atoms with Gasteiger partial charge in [-0.05, 0) is 41.3 Å². The molecule has 11 heteroatoms. The number of para-hydroxylation sites is 1. The summed E-state index contributed by atoms with van der Waals surface area (Å²) in [5.74, 6) is -2.43. The summed E-state index contributed by atoms with van der Waals surface area (Å²) in [7, 11) is 0. The molecule has 212 valence electrons. The lowest BCUT2D eigenvalue weighted by Gasteiger charge is -2.26. The molecule has 0 unspecified atom stereocenters. The fourth-order valence-electron chi connectivity index (χ4n) is 5.86. The van der Waals surface area contributed by atoms with Crippen LogP contribution in [0.4, 0.5) is 18.9 Å². The number of aromatic amines is 1. The number of aromatic nitrogens is 2. The number of fused-ring (bicyclic) bond motifs is 3. The summed E-state index contributed by atoms with van der Waals surface area (Å²) >= 11 is 0. The second kappa shape index (κ2) is 10.3. The first-order valence-corrected chi connectivity index (χ1v) is 13.3. The van der Waals surface area contributed by atoms with Crippen LogP contribution in [-0.2, 0) is 26.3 Å². The van der Waals surface area contributed by atoms with E-state index in [1.54, 1.807) is 0 Å². The highest BCUT2D eigenvalue weighted by molar-refractivity contribution is 6.10. The second-order valence-electron chi connectivity index (χ2n) is 10.5. The number of nitrogens with zero attached hydrogens (tertiary/aromatic N) is 2. The number of hydrogen-bond acceptors (Lipinski definition) is 5. The molecule has 41 heavy (non-hydrogen) atoms. The topological polar surface area (TPSA) is 108 Å². The highest BCUT2D eigenvalue weighted by Crippen LogP contribution is 2.65. The van der Waals surface area contributed by atoms with E-state index in [1.807, 2.05) is 18.2 Å². The van der Waals surface area contributed by atoms with Gasteiger partial charge in [-0.2, -0.15) is 18.3 Å². The van der Waals surface area contributed by atoms with E-state index in [1.165, 1.54) is 11.1 Å². The van der Waals surface area contributed by atoms with Crippen LogP contribution in [0.3, 0.4) is 0 Å². The number of halogens is 3. The molecule has 3 aromatic carbocycles. The smallest absolute Gasteiger partial charge is 0.475 e. The maximum Gasteiger partial charge on any atom is 0.490 e. The van der Waals surface area contributed by atoms with E-state index in [9.17, 15) is 18.0 Å². The van der Waals surface area contributed by atoms with Gasteiger partial charge in [-0.25, -0.2) is 4.79 Å². The third-order valence-electron chi connectivity index (χ3n) is 7.96. The molecule has 0 bridgehead atoms. The minimum atomic E-state index is -5.08. The third kappa shape index (κ3) is 5.07. The number of carbonyl (C=O) groups is 2. The number of rotatable bonds is 4. The highest BCUT2D eigenvalue weighted by Gasteiger charge is 2.65. The Bertz CT molecular complexity index is 1630. The molecule has 1 spiro atoms. The number of morpholine rings is 1. The van der Waals surface area contributed by atoms with Gasteiger partial charge in [0.2, 0.25) is 5.91 Å². The third-order valence-corrected chi connectivity index (χ3v) is 7.96. The summed E-state index contributed by atoms with van der Waals surface area (Å²) in [6.07, 6.45) is -4.23. The van der Waals surface area contributed by atoms with Crippen LogP contribution in [0.25, 0.3) is 22.2 Å². The van der Waals surface area contributed by atoms with Crippen molar-refractivity contribution in [2.75, 3.05) is 31.6 Å². The quantitative estimate of drug-likeness (QED) is 0.320. The normalized spacial score (nSPS) is 21.7. The lowest BCUT2D eigenvalue weighted by Crippen LogP contribution is -2.35. The number of carboxylic acids is 1. The fraction of sp³-hybridized carbons (Fsp3) is 0.300. The van der Waals surface area contributed by atoms with Gasteiger partial charge in [0.1, 0.15) is 0 Å². The fourth-order valence-corrected chi connectivity index (χ4v) is 5.86. The minimum Gasteiger partial charge on any atom is -0.475 e. The van der Waals surface area contributed by atoms with Crippen LogP contribution in [0.1, 0.15) is 29.0 Å². The van der Waals surface area contributed by atoms with Crippen molar-refractivity contribution < 1.29 is 32.6 Å². The zero-order valence-electron chi connectivity index (χ0n) is 21.9. The van der Waals surface area contributed by atoms with Gasteiger partial charge in [0.15, 0.2) is 0 Å². The average molecular weight is 565 g/mol. The van der Waals surface area contributed by atoms with Crippen molar-refractivity contribution in [1.82, 2.24) is 15.1 Å². The molecule has 3 N–H and O–H groups in total. The monoisotopic (exact) mass is 564 g/mol. The number of alkyl halides is 3. The molecule has 1 saturated carbocycles. The molecule has 3 heterocycles. The second-order valence-corrected chi connectivity index (χ2v) is 10.5. The molecular formula is C30H27F3N4O4. The van der Waals surface area contributed by atoms with Gasteiger partial charge < -0.3 is 15.2 Å². The average Bonchev–Trinajstić information content (AvgIpc) is 3.47. The first kappa shape index (κ1) is 27.0. The highest BCUT2D eigenvalue weighted by atomic mass is 19.4. The number of ether oxygens (including phenoxy) is 1. The van der Waals surface area contributed by atoms with Crippen molar-refractivity contribution in [2.45, 2.75) is 30.5 Å². The van der Waals surface area contributed by atoms with Gasteiger partial charge in [0.05, 0.1) is 29.8 Å². The maximum absolute atomic E-state index is 12.9. The van der Waals surface area contributed by atoms with Crippen molar-refractivity contribution >= 4 is 28.5 Å². The lowest BCUT2D eigenvalue weighted by atomic mass is 9.91. The first-order valence-electron chi connectivity index (χ1n) is 13.3. The Balaban J connectivity index is 0.000000387. The van der Waals surface area contributed by atoms with Crippen molar-refractivity contribution in [3.63, 3.8) is 0 Å². The van der Waals surface area contributed by atoms with Gasteiger partial charge in [-0.3, -0.25) is 14.8 Å². The predicted octanol–water partition coefficient (Wildman–Crippen LogP) is 5.07. The van der Waals surface area contributed by atoms with E-state index in [4.69, 9.17) is 14.6 Å². The van der Waals surface area contributed by atoms with Gasteiger partial charge in [-0.15, -0.1) is 0 Å². The number of amides is 1. The van der Waals surface area contributed by atoms with Crippen molar-refractivity contribution in [3.8, 4) is 11.3 Å². The number of carboxylic acid groups (broad SMARTS) is 1. The number of benzene rings is 3. The van der Waals surface area contributed by atoms with E-state index in [0.717, 1.165) is 72.7 Å². The van der Waals surface area contributed by atoms with E-state index >= 15 is 0 Å². The molecule has 4 aromatic rings. The molecule has 1 aromatic heterocycles. The van der Waals surface area contributed by atoms with E-state index in [2.05, 4.69) is 68.9 Å². The van der Waals surface area contributed by atoms with Gasteiger partial charge >= 0.3 is 12.1 Å². The Labute approximate surface area is 233 Å². The molecule has 0 radical (unpaired) electrons.